The second-order valence-electron chi connectivity index (χ2n) is 11.9. The molecule has 214 valence electrons. The van der Waals surface area contributed by atoms with Gasteiger partial charge in [0, 0.05) is 41.9 Å². The number of nitrogens with one attached hydrogen (secondary N) is 3. The molecule has 40 heavy (non-hydrogen) atoms. The molecule has 7 nitrogen and oxygen atoms in total. The molecule has 2 aromatic carbocycles. The van der Waals surface area contributed by atoms with Crippen LogP contribution >= 0.6 is 11.8 Å². The highest BCUT2D eigenvalue weighted by Gasteiger charge is 2.42. The summed E-state index contributed by atoms with van der Waals surface area (Å²) in [7, 11) is 0. The second-order valence-corrected chi connectivity index (χ2v) is 13.2. The number of anilines is 2. The van der Waals surface area contributed by atoms with Gasteiger partial charge in [-0.25, -0.2) is 4.79 Å². The maximum atomic E-state index is 12.9. The first-order valence-electron chi connectivity index (χ1n) is 14.5. The predicted molar refractivity (Wildman–Crippen MR) is 165 cm³/mol. The zero-order valence-electron chi connectivity index (χ0n) is 24.7. The summed E-state index contributed by atoms with van der Waals surface area (Å²) in [5.41, 5.74) is 9.83. The van der Waals surface area contributed by atoms with Crippen molar-refractivity contribution in [2.24, 2.45) is 0 Å². The van der Waals surface area contributed by atoms with Crippen LogP contribution in [0.1, 0.15) is 59.1 Å². The Kier molecular flexibility index (Phi) is 8.55. The van der Waals surface area contributed by atoms with Crippen molar-refractivity contribution in [2.75, 3.05) is 28.6 Å². The lowest BCUT2D eigenvalue weighted by molar-refractivity contribution is -0.121. The number of fused-ring (bicyclic) bond motifs is 1. The Morgan fingerprint density at radius 2 is 1.57 bits per heavy atom. The van der Waals surface area contributed by atoms with Gasteiger partial charge in [-0.1, -0.05) is 41.8 Å². The van der Waals surface area contributed by atoms with Crippen LogP contribution in [-0.2, 0) is 4.79 Å². The molecule has 3 aliphatic heterocycles. The van der Waals surface area contributed by atoms with E-state index in [2.05, 4.69) is 98.2 Å². The SMILES string of the molecule is Cc1cc(C)c(N2[C]N(c3c(C)cc(C)cc3C)C(CNC(=O)CCCC[C@@H]3SC[C@@H]4NC(=O)N[C@@H]43)C2)c(C)c1. The first-order valence-corrected chi connectivity index (χ1v) is 15.6. The summed E-state index contributed by atoms with van der Waals surface area (Å²) in [6.45, 7) is 17.9. The third-order valence-corrected chi connectivity index (χ3v) is 9.89. The molecule has 1 unspecified atom stereocenters. The van der Waals surface area contributed by atoms with E-state index in [1.165, 1.54) is 44.8 Å². The summed E-state index contributed by atoms with van der Waals surface area (Å²) < 4.78 is 0. The van der Waals surface area contributed by atoms with Gasteiger partial charge >= 0.3 is 6.03 Å². The van der Waals surface area contributed by atoms with Gasteiger partial charge in [0.05, 0.1) is 18.1 Å². The molecule has 0 bridgehead atoms. The van der Waals surface area contributed by atoms with Gasteiger partial charge in [0.25, 0.3) is 0 Å². The number of nitrogens with zero attached hydrogens (tertiary/aromatic N) is 2. The Morgan fingerprint density at radius 3 is 2.23 bits per heavy atom. The molecule has 3 amide bonds. The summed E-state index contributed by atoms with van der Waals surface area (Å²) in [6, 6.07) is 9.42. The van der Waals surface area contributed by atoms with Crippen molar-refractivity contribution in [3.05, 3.63) is 64.3 Å². The van der Waals surface area contributed by atoms with Gasteiger partial charge in [-0.05, 0) is 76.6 Å². The highest BCUT2D eigenvalue weighted by molar-refractivity contribution is 8.00. The van der Waals surface area contributed by atoms with E-state index in [0.717, 1.165) is 31.6 Å². The summed E-state index contributed by atoms with van der Waals surface area (Å²) in [5.74, 6) is 1.07. The van der Waals surface area contributed by atoms with Crippen LogP contribution in [0.4, 0.5) is 16.2 Å². The minimum Gasteiger partial charge on any atom is -0.354 e. The van der Waals surface area contributed by atoms with E-state index < -0.39 is 0 Å². The van der Waals surface area contributed by atoms with Crippen molar-refractivity contribution in [2.45, 2.75) is 90.6 Å². The molecule has 0 aromatic heterocycles. The van der Waals surface area contributed by atoms with Crippen molar-refractivity contribution < 1.29 is 9.59 Å². The van der Waals surface area contributed by atoms with Gasteiger partial charge in [-0.3, -0.25) is 4.79 Å². The Morgan fingerprint density at radius 1 is 0.950 bits per heavy atom. The van der Waals surface area contributed by atoms with Gasteiger partial charge in [0.15, 0.2) is 0 Å². The van der Waals surface area contributed by atoms with Gasteiger partial charge < -0.3 is 25.8 Å². The van der Waals surface area contributed by atoms with E-state index in [-0.39, 0.29) is 30.1 Å². The average Bonchev–Trinajstić information content (AvgIpc) is 3.54. The van der Waals surface area contributed by atoms with Crippen LogP contribution in [0.5, 0.6) is 0 Å². The van der Waals surface area contributed by atoms with E-state index in [9.17, 15) is 9.59 Å². The van der Waals surface area contributed by atoms with Crippen LogP contribution in [0.25, 0.3) is 0 Å². The second kappa shape index (κ2) is 11.9. The summed E-state index contributed by atoms with van der Waals surface area (Å²) in [5, 5.41) is 9.73. The third-order valence-electron chi connectivity index (χ3n) is 8.38. The first-order chi connectivity index (χ1) is 19.1. The van der Waals surface area contributed by atoms with Crippen LogP contribution in [0.2, 0.25) is 0 Å². The van der Waals surface area contributed by atoms with E-state index in [0.29, 0.717) is 18.2 Å². The van der Waals surface area contributed by atoms with Crippen molar-refractivity contribution in [1.82, 2.24) is 16.0 Å². The zero-order chi connectivity index (χ0) is 28.6. The molecule has 2 aromatic rings. The predicted octanol–water partition coefficient (Wildman–Crippen LogP) is 5.07. The Bertz CT molecular complexity index is 1230. The quantitative estimate of drug-likeness (QED) is 0.294. The molecule has 8 heteroatoms. The fourth-order valence-corrected chi connectivity index (χ4v) is 8.36. The molecule has 3 aliphatic rings. The molecule has 0 aliphatic carbocycles. The molecule has 2 radical (unpaired) electrons. The number of hydrogen-bond acceptors (Lipinski definition) is 5. The molecular formula is C32H43N5O2S. The highest BCUT2D eigenvalue weighted by Crippen LogP contribution is 2.37. The highest BCUT2D eigenvalue weighted by atomic mass is 32.2. The minimum absolute atomic E-state index is 0.0441. The number of amides is 3. The smallest absolute Gasteiger partial charge is 0.315 e. The topological polar surface area (TPSA) is 76.7 Å². The minimum atomic E-state index is -0.0441. The standard InChI is InChI=1S/C32H43N5O2S/c1-19-11-21(3)30(22(4)12-19)36-16-25(37(18-36)31-23(5)13-20(2)14-24(31)6)15-33-28(38)10-8-7-9-27-29-26(17-40-27)34-32(39)35-29/h11-14,25-27,29H,7-10,15-17H2,1-6H3,(H,33,38)(H2,34,35,39)/t25?,26-,27-,29-/m0/s1. The summed E-state index contributed by atoms with van der Waals surface area (Å²) in [6.07, 6.45) is 3.40. The molecule has 3 heterocycles. The molecule has 4 atom stereocenters. The third kappa shape index (κ3) is 6.07. The van der Waals surface area contributed by atoms with Crippen molar-refractivity contribution in [3.8, 4) is 0 Å². The molecule has 5 rings (SSSR count). The molecule has 3 fully saturated rings. The van der Waals surface area contributed by atoms with Crippen LogP contribution in [-0.4, -0.2) is 54.2 Å². The number of aryl methyl sites for hydroxylation is 6. The maximum Gasteiger partial charge on any atom is 0.315 e. The van der Waals surface area contributed by atoms with Crippen LogP contribution < -0.4 is 25.8 Å². The Balaban J connectivity index is 1.21. The van der Waals surface area contributed by atoms with Crippen molar-refractivity contribution >= 4 is 35.1 Å². The molecule has 3 N–H and O–H groups in total. The lowest BCUT2D eigenvalue weighted by Gasteiger charge is -2.28. The summed E-state index contributed by atoms with van der Waals surface area (Å²) in [4.78, 5) is 29.0. The van der Waals surface area contributed by atoms with E-state index >= 15 is 0 Å². The molecular weight excluding hydrogens is 518 g/mol. The Hall–Kier alpha value is -2.87. The number of urea groups is 1. The van der Waals surface area contributed by atoms with E-state index in [1.807, 2.05) is 11.8 Å². The number of hydrogen-bond donors (Lipinski definition) is 3. The zero-order valence-corrected chi connectivity index (χ0v) is 25.5. The first kappa shape index (κ1) is 28.7. The van der Waals surface area contributed by atoms with Gasteiger partial charge in [0.1, 0.15) is 0 Å². The number of benzene rings is 2. The monoisotopic (exact) mass is 561 g/mol. The summed E-state index contributed by atoms with van der Waals surface area (Å²) >= 11 is 1.93. The fraction of sp³-hybridized carbons (Fsp3) is 0.531. The van der Waals surface area contributed by atoms with Gasteiger partial charge in [0.2, 0.25) is 12.6 Å². The lowest BCUT2D eigenvalue weighted by Crippen LogP contribution is -2.41. The normalized spacial score (nSPS) is 23.8. The van der Waals surface area contributed by atoms with Gasteiger partial charge in [-0.2, -0.15) is 11.8 Å². The van der Waals surface area contributed by atoms with Crippen LogP contribution in [0.3, 0.4) is 0 Å². The fourth-order valence-electron chi connectivity index (χ4n) is 6.82. The molecule has 0 spiro atoms. The number of unbranched alkanes of at least 4 members (excludes halogenated alkanes) is 1. The molecule has 3 saturated heterocycles. The Labute approximate surface area is 243 Å². The molecule has 0 saturated carbocycles. The lowest BCUT2D eigenvalue weighted by atomic mass is 10.0. The van der Waals surface area contributed by atoms with Crippen LogP contribution in [0.15, 0.2) is 24.3 Å². The van der Waals surface area contributed by atoms with Crippen molar-refractivity contribution in [1.29, 1.82) is 0 Å². The number of carbonyl (C=O) groups is 2. The van der Waals surface area contributed by atoms with E-state index in [4.69, 9.17) is 0 Å². The number of rotatable bonds is 9. The number of carbonyl (C=O) groups excluding carboxylic acids is 2. The number of thioether (sulfide) groups is 1. The van der Waals surface area contributed by atoms with Crippen molar-refractivity contribution in [3.63, 3.8) is 0 Å². The maximum absolute atomic E-state index is 12.9. The van der Waals surface area contributed by atoms with Gasteiger partial charge in [-0.15, -0.1) is 0 Å². The largest absolute Gasteiger partial charge is 0.354 e. The van der Waals surface area contributed by atoms with E-state index in [1.54, 1.807) is 0 Å². The van der Waals surface area contributed by atoms with Crippen LogP contribution in [0, 0.1) is 48.2 Å². The average molecular weight is 562 g/mol.